The molecule has 0 spiro atoms. The van der Waals surface area contributed by atoms with Gasteiger partial charge < -0.3 is 29.7 Å². The summed E-state index contributed by atoms with van der Waals surface area (Å²) < 4.78 is 15.8. The van der Waals surface area contributed by atoms with Gasteiger partial charge in [-0.15, -0.1) is 0 Å². The number of ether oxygens (including phenoxy) is 3. The minimum Gasteiger partial charge on any atom is -0.497 e. The Morgan fingerprint density at radius 1 is 1.00 bits per heavy atom. The molecule has 0 bridgehead atoms. The van der Waals surface area contributed by atoms with Gasteiger partial charge in [-0.2, -0.15) is 0 Å². The van der Waals surface area contributed by atoms with E-state index in [1.54, 1.807) is 19.1 Å². The van der Waals surface area contributed by atoms with Gasteiger partial charge in [0, 0.05) is 26.5 Å². The fourth-order valence-electron chi connectivity index (χ4n) is 3.41. The highest BCUT2D eigenvalue weighted by Gasteiger charge is 2.17. The average molecular weight is 476 g/mol. The summed E-state index contributed by atoms with van der Waals surface area (Å²) in [5.41, 5.74) is 8.05. The van der Waals surface area contributed by atoms with Gasteiger partial charge in [0.1, 0.15) is 11.5 Å². The summed E-state index contributed by atoms with van der Waals surface area (Å²) in [7, 11) is 7.05. The summed E-state index contributed by atoms with van der Waals surface area (Å²) in [6.45, 7) is 1.76. The molecule has 8 heteroatoms. The summed E-state index contributed by atoms with van der Waals surface area (Å²) in [4.78, 5) is 16.2. The van der Waals surface area contributed by atoms with E-state index in [-0.39, 0.29) is 20.7 Å². The van der Waals surface area contributed by atoms with E-state index in [0.717, 1.165) is 48.8 Å². The van der Waals surface area contributed by atoms with Crippen LogP contribution in [0, 0.1) is 0 Å². The monoisotopic (exact) mass is 475 g/mol. The molecule has 1 atom stereocenters. The second-order valence-corrected chi connectivity index (χ2v) is 10.8. The van der Waals surface area contributed by atoms with Crippen LogP contribution in [0.3, 0.4) is 0 Å². The van der Waals surface area contributed by atoms with Crippen molar-refractivity contribution in [1.82, 2.24) is 9.80 Å². The van der Waals surface area contributed by atoms with E-state index < -0.39 is 0 Å². The van der Waals surface area contributed by atoms with Crippen molar-refractivity contribution in [3.63, 3.8) is 0 Å². The fourth-order valence-corrected chi connectivity index (χ4v) is 5.93. The molecule has 0 aliphatic heterocycles. The molecule has 0 aromatic heterocycles. The van der Waals surface area contributed by atoms with Crippen LogP contribution in [0.25, 0.3) is 0 Å². The summed E-state index contributed by atoms with van der Waals surface area (Å²) in [5.74, 6) is 1.62. The summed E-state index contributed by atoms with van der Waals surface area (Å²) in [6.07, 6.45) is 4.90. The molecule has 2 rings (SSSR count). The lowest BCUT2D eigenvalue weighted by Crippen LogP contribution is -2.36. The summed E-state index contributed by atoms with van der Waals surface area (Å²) in [6, 6.07) is 15.6. The van der Waals surface area contributed by atoms with Crippen LogP contribution < -0.4 is 15.2 Å². The molecular weight excluding hydrogens is 437 g/mol. The van der Waals surface area contributed by atoms with Crippen molar-refractivity contribution in [2.45, 2.75) is 19.4 Å². The highest BCUT2D eigenvalue weighted by molar-refractivity contribution is 7.57. The SMILES string of the molecule is COCOc1cccc(CCCP(CCN(C)C)CN(Cc2ccc(OC)cc2)C(N)=O)c1. The standard InChI is InChI=1S/C25H38N3O4P/c1-27(2)14-16-33(15-6-8-21-7-5-9-24(17-21)32-20-30-3)19-28(25(26)29)18-22-10-12-23(31-4)13-11-22/h5,7,9-13,17H,6,8,14-16,18-20H2,1-4H3,(H2,26,29). The first-order valence-corrected chi connectivity index (χ1v) is 13.1. The number of rotatable bonds is 15. The third-order valence-electron chi connectivity index (χ3n) is 5.26. The summed E-state index contributed by atoms with van der Waals surface area (Å²) >= 11 is 0. The highest BCUT2D eigenvalue weighted by atomic mass is 31.1. The normalized spacial score (nSPS) is 11.9. The molecular formula is C25H38N3O4P. The van der Waals surface area contributed by atoms with Crippen LogP contribution in [0.4, 0.5) is 4.79 Å². The number of methoxy groups -OCH3 is 2. The number of nitrogens with two attached hydrogens (primary N) is 1. The van der Waals surface area contributed by atoms with Crippen LogP contribution >= 0.6 is 7.92 Å². The Labute approximate surface area is 199 Å². The summed E-state index contributed by atoms with van der Waals surface area (Å²) in [5, 5.41) is 0. The molecule has 2 aromatic carbocycles. The van der Waals surface area contributed by atoms with Gasteiger partial charge in [-0.05, 0) is 74.7 Å². The second-order valence-electron chi connectivity index (χ2n) is 8.25. The van der Waals surface area contributed by atoms with Crippen molar-refractivity contribution >= 4 is 14.0 Å². The Hall–Kier alpha value is -2.34. The fraction of sp³-hybridized carbons (Fsp3) is 0.480. The quantitative estimate of drug-likeness (QED) is 0.309. The molecule has 182 valence electrons. The van der Waals surface area contributed by atoms with E-state index in [0.29, 0.717) is 12.8 Å². The van der Waals surface area contributed by atoms with Crippen molar-refractivity contribution in [1.29, 1.82) is 0 Å². The van der Waals surface area contributed by atoms with Gasteiger partial charge in [0.2, 0.25) is 0 Å². The molecule has 2 amide bonds. The third-order valence-corrected chi connectivity index (χ3v) is 7.78. The van der Waals surface area contributed by atoms with Gasteiger partial charge in [-0.25, -0.2) is 4.79 Å². The molecule has 0 fully saturated rings. The van der Waals surface area contributed by atoms with E-state index in [4.69, 9.17) is 19.9 Å². The Bertz CT molecular complexity index is 833. The van der Waals surface area contributed by atoms with Crippen LogP contribution in [0.2, 0.25) is 0 Å². The first kappa shape index (κ1) is 26.9. The van der Waals surface area contributed by atoms with E-state index in [1.807, 2.05) is 36.4 Å². The van der Waals surface area contributed by atoms with Gasteiger partial charge in [-0.3, -0.25) is 0 Å². The number of primary amides is 1. The number of benzene rings is 2. The lowest BCUT2D eigenvalue weighted by Gasteiger charge is -2.28. The maximum atomic E-state index is 12.2. The Morgan fingerprint density at radius 3 is 2.39 bits per heavy atom. The Morgan fingerprint density at radius 2 is 1.76 bits per heavy atom. The molecule has 33 heavy (non-hydrogen) atoms. The number of hydrogen-bond donors (Lipinski definition) is 1. The number of urea groups is 1. The average Bonchev–Trinajstić information content (AvgIpc) is 2.81. The lowest BCUT2D eigenvalue weighted by molar-refractivity contribution is 0.0511. The van der Waals surface area contributed by atoms with Crippen molar-refractivity contribution in [2.24, 2.45) is 5.73 Å². The molecule has 0 aliphatic carbocycles. The zero-order chi connectivity index (χ0) is 24.1. The van der Waals surface area contributed by atoms with Crippen LogP contribution in [0.5, 0.6) is 11.5 Å². The second kappa shape index (κ2) is 14.7. The molecule has 0 radical (unpaired) electrons. The maximum Gasteiger partial charge on any atom is 0.315 e. The molecule has 0 saturated heterocycles. The zero-order valence-corrected chi connectivity index (χ0v) is 21.2. The molecule has 0 heterocycles. The minimum absolute atomic E-state index is 0.246. The predicted octanol–water partition coefficient (Wildman–Crippen LogP) is 4.19. The van der Waals surface area contributed by atoms with Gasteiger partial charge >= 0.3 is 6.03 Å². The molecule has 2 aromatic rings. The van der Waals surface area contributed by atoms with Gasteiger partial charge in [0.15, 0.2) is 6.79 Å². The third kappa shape index (κ3) is 10.4. The van der Waals surface area contributed by atoms with E-state index in [1.165, 1.54) is 5.56 Å². The van der Waals surface area contributed by atoms with Crippen molar-refractivity contribution in [3.8, 4) is 11.5 Å². The van der Waals surface area contributed by atoms with Crippen LogP contribution in [0.1, 0.15) is 17.5 Å². The van der Waals surface area contributed by atoms with Crippen molar-refractivity contribution in [2.75, 3.05) is 60.3 Å². The maximum absolute atomic E-state index is 12.2. The molecule has 0 saturated carbocycles. The minimum atomic E-state index is -0.376. The van der Waals surface area contributed by atoms with Gasteiger partial charge in [-0.1, -0.05) is 32.2 Å². The van der Waals surface area contributed by atoms with Crippen LogP contribution in [-0.4, -0.2) is 76.1 Å². The van der Waals surface area contributed by atoms with Gasteiger partial charge in [0.05, 0.1) is 7.11 Å². The molecule has 0 aliphatic rings. The van der Waals surface area contributed by atoms with E-state index >= 15 is 0 Å². The topological polar surface area (TPSA) is 77.3 Å². The Balaban J connectivity index is 1.97. The smallest absolute Gasteiger partial charge is 0.315 e. The van der Waals surface area contributed by atoms with E-state index in [9.17, 15) is 4.79 Å². The van der Waals surface area contributed by atoms with Crippen molar-refractivity contribution < 1.29 is 19.0 Å². The first-order valence-electron chi connectivity index (χ1n) is 11.2. The number of aryl methyl sites for hydroxylation is 1. The number of carbonyl (C=O) groups excluding carboxylic acids is 1. The zero-order valence-electron chi connectivity index (χ0n) is 20.3. The number of hydrogen-bond acceptors (Lipinski definition) is 5. The van der Waals surface area contributed by atoms with Crippen molar-refractivity contribution in [3.05, 3.63) is 59.7 Å². The van der Waals surface area contributed by atoms with Crippen LogP contribution in [-0.2, 0) is 17.7 Å². The highest BCUT2D eigenvalue weighted by Crippen LogP contribution is 2.37. The van der Waals surface area contributed by atoms with E-state index in [2.05, 4.69) is 31.1 Å². The Kier molecular flexibility index (Phi) is 12.0. The lowest BCUT2D eigenvalue weighted by atomic mass is 10.1. The first-order chi connectivity index (χ1) is 15.9. The number of amides is 2. The molecule has 1 unspecified atom stereocenters. The van der Waals surface area contributed by atoms with Crippen LogP contribution in [0.15, 0.2) is 48.5 Å². The number of carbonyl (C=O) groups is 1. The predicted molar refractivity (Wildman–Crippen MR) is 135 cm³/mol. The molecule has 7 nitrogen and oxygen atoms in total. The molecule has 2 N–H and O–H groups in total. The number of nitrogens with zero attached hydrogens (tertiary/aromatic N) is 2. The largest absolute Gasteiger partial charge is 0.497 e. The van der Waals surface area contributed by atoms with Gasteiger partial charge in [0.25, 0.3) is 0 Å².